The van der Waals surface area contributed by atoms with E-state index in [4.69, 9.17) is 9.47 Å². The zero-order chi connectivity index (χ0) is 24.5. The summed E-state index contributed by atoms with van der Waals surface area (Å²) in [5.74, 6) is -2.34. The molecule has 0 radical (unpaired) electrons. The number of likely N-dealkylation sites (N-methyl/N-ethyl adjacent to an activating group) is 1. The molecule has 2 amide bonds. The zero-order valence-corrected chi connectivity index (χ0v) is 19.4. The Balaban J connectivity index is 1.15. The van der Waals surface area contributed by atoms with E-state index in [1.807, 2.05) is 24.3 Å². The molecule has 35 heavy (non-hydrogen) atoms. The van der Waals surface area contributed by atoms with Gasteiger partial charge >= 0.3 is 12.1 Å². The summed E-state index contributed by atoms with van der Waals surface area (Å²) in [6.07, 6.45) is 3.42. The molecular weight excluding hydrogens is 448 g/mol. The third-order valence-electron chi connectivity index (χ3n) is 7.26. The minimum Gasteiger partial charge on any atom is -0.481 e. The van der Waals surface area contributed by atoms with E-state index in [-0.39, 0.29) is 37.7 Å². The second kappa shape index (κ2) is 9.54. The average molecular weight is 477 g/mol. The molecule has 2 aliphatic carbocycles. The fourth-order valence-corrected chi connectivity index (χ4v) is 5.37. The van der Waals surface area contributed by atoms with Gasteiger partial charge in [-0.05, 0) is 28.7 Å². The maximum atomic E-state index is 12.9. The average Bonchev–Trinajstić information content (AvgIpc) is 3.60. The van der Waals surface area contributed by atoms with Crippen molar-refractivity contribution in [1.82, 2.24) is 10.2 Å². The Morgan fingerprint density at radius 3 is 2.34 bits per heavy atom. The Labute approximate surface area is 203 Å². The topological polar surface area (TPSA) is 105 Å². The van der Waals surface area contributed by atoms with Gasteiger partial charge in [-0.1, -0.05) is 60.7 Å². The number of rotatable bonds is 6. The van der Waals surface area contributed by atoms with E-state index in [1.54, 1.807) is 19.2 Å². The Kier molecular flexibility index (Phi) is 6.30. The lowest BCUT2D eigenvalue weighted by atomic mass is 9.98. The number of amides is 2. The van der Waals surface area contributed by atoms with E-state index < -0.39 is 29.9 Å². The molecule has 2 aromatic rings. The van der Waals surface area contributed by atoms with Crippen molar-refractivity contribution < 1.29 is 29.0 Å². The number of hydrogen-bond donors (Lipinski definition) is 2. The number of nitrogens with one attached hydrogen (secondary N) is 1. The number of carbonyl (C=O) groups is 3. The molecule has 0 spiro atoms. The van der Waals surface area contributed by atoms with Gasteiger partial charge in [0.25, 0.3) is 0 Å². The molecule has 1 heterocycles. The second-order valence-electron chi connectivity index (χ2n) is 9.30. The summed E-state index contributed by atoms with van der Waals surface area (Å²) in [7, 11) is 1.61. The van der Waals surface area contributed by atoms with Crippen LogP contribution in [0.25, 0.3) is 11.1 Å². The van der Waals surface area contributed by atoms with Gasteiger partial charge in [0.15, 0.2) is 0 Å². The Morgan fingerprint density at radius 1 is 1.03 bits per heavy atom. The number of carbonyl (C=O) groups excluding carboxylic acids is 2. The number of hydrogen-bond acceptors (Lipinski definition) is 5. The van der Waals surface area contributed by atoms with Crippen molar-refractivity contribution in [3.8, 4) is 11.1 Å². The summed E-state index contributed by atoms with van der Waals surface area (Å²) in [5, 5.41) is 12.2. The van der Waals surface area contributed by atoms with Crippen molar-refractivity contribution in [2.45, 2.75) is 24.4 Å². The number of aliphatic carboxylic acids is 1. The maximum Gasteiger partial charge on any atom is 0.407 e. The van der Waals surface area contributed by atoms with Crippen molar-refractivity contribution in [2.24, 2.45) is 11.8 Å². The molecule has 5 rings (SSSR count). The molecule has 1 fully saturated rings. The van der Waals surface area contributed by atoms with Crippen molar-refractivity contribution in [3.05, 3.63) is 71.8 Å². The SMILES string of the molecule is CN(C(=O)C1C=CC(NC(=O)OCC2c3ccccc3-c3ccccc32)C1)C1COCC1C(=O)O. The Morgan fingerprint density at radius 2 is 1.69 bits per heavy atom. The number of ether oxygens (including phenoxy) is 2. The van der Waals surface area contributed by atoms with Gasteiger partial charge in [-0.25, -0.2) is 4.79 Å². The summed E-state index contributed by atoms with van der Waals surface area (Å²) < 4.78 is 10.9. The highest BCUT2D eigenvalue weighted by Gasteiger charge is 2.40. The summed E-state index contributed by atoms with van der Waals surface area (Å²) in [4.78, 5) is 38.4. The second-order valence-corrected chi connectivity index (χ2v) is 9.30. The lowest BCUT2D eigenvalue weighted by Gasteiger charge is -2.28. The van der Waals surface area contributed by atoms with Gasteiger partial charge in [0.2, 0.25) is 5.91 Å². The molecule has 0 aromatic heterocycles. The first-order chi connectivity index (χ1) is 16.9. The van der Waals surface area contributed by atoms with Crippen molar-refractivity contribution >= 4 is 18.0 Å². The number of fused-ring (bicyclic) bond motifs is 3. The van der Waals surface area contributed by atoms with E-state index in [0.29, 0.717) is 6.42 Å². The third-order valence-corrected chi connectivity index (χ3v) is 7.26. The van der Waals surface area contributed by atoms with Crippen LogP contribution in [0.3, 0.4) is 0 Å². The number of benzene rings is 2. The van der Waals surface area contributed by atoms with E-state index in [1.165, 1.54) is 16.0 Å². The highest BCUT2D eigenvalue weighted by molar-refractivity contribution is 5.83. The molecular formula is C27H28N2O6. The largest absolute Gasteiger partial charge is 0.481 e. The first-order valence-electron chi connectivity index (χ1n) is 11.8. The molecule has 1 aliphatic heterocycles. The predicted octanol–water partition coefficient (Wildman–Crippen LogP) is 3.03. The molecule has 182 valence electrons. The third kappa shape index (κ3) is 4.41. The number of nitrogens with zero attached hydrogens (tertiary/aromatic N) is 1. The number of alkyl carbamates (subject to hydrolysis) is 1. The smallest absolute Gasteiger partial charge is 0.407 e. The summed E-state index contributed by atoms with van der Waals surface area (Å²) in [6.45, 7) is 0.529. The maximum absolute atomic E-state index is 12.9. The first kappa shape index (κ1) is 23.1. The van der Waals surface area contributed by atoms with Crippen molar-refractivity contribution in [1.29, 1.82) is 0 Å². The molecule has 0 saturated carbocycles. The fraction of sp³-hybridized carbons (Fsp3) is 0.370. The van der Waals surface area contributed by atoms with Gasteiger partial charge in [0.05, 0.1) is 31.2 Å². The molecule has 2 aromatic carbocycles. The van der Waals surface area contributed by atoms with Gasteiger partial charge in [-0.2, -0.15) is 0 Å². The lowest BCUT2D eigenvalue weighted by molar-refractivity contribution is -0.145. The fourth-order valence-electron chi connectivity index (χ4n) is 5.37. The van der Waals surface area contributed by atoms with E-state index in [0.717, 1.165) is 11.1 Å². The van der Waals surface area contributed by atoms with Gasteiger partial charge < -0.3 is 24.8 Å². The minimum atomic E-state index is -0.969. The van der Waals surface area contributed by atoms with Crippen LogP contribution in [-0.4, -0.2) is 66.9 Å². The van der Waals surface area contributed by atoms with Crippen LogP contribution >= 0.6 is 0 Å². The van der Waals surface area contributed by atoms with Crippen molar-refractivity contribution in [2.75, 3.05) is 26.9 Å². The van der Waals surface area contributed by atoms with Crippen LogP contribution in [0.1, 0.15) is 23.5 Å². The Hall–Kier alpha value is -3.65. The Bertz CT molecular complexity index is 1130. The summed E-state index contributed by atoms with van der Waals surface area (Å²) in [5.41, 5.74) is 4.62. The minimum absolute atomic E-state index is 0.0222. The molecule has 8 heteroatoms. The van der Waals surface area contributed by atoms with E-state index in [9.17, 15) is 19.5 Å². The van der Waals surface area contributed by atoms with E-state index >= 15 is 0 Å². The molecule has 8 nitrogen and oxygen atoms in total. The van der Waals surface area contributed by atoms with Gasteiger partial charge in [-0.15, -0.1) is 0 Å². The predicted molar refractivity (Wildman–Crippen MR) is 128 cm³/mol. The normalized spacial score (nSPS) is 24.6. The first-order valence-corrected chi connectivity index (χ1v) is 11.8. The van der Waals surface area contributed by atoms with Crippen LogP contribution in [0.5, 0.6) is 0 Å². The molecule has 1 saturated heterocycles. The van der Waals surface area contributed by atoms with Crippen LogP contribution < -0.4 is 5.32 Å². The zero-order valence-electron chi connectivity index (χ0n) is 19.4. The lowest BCUT2D eigenvalue weighted by Crippen LogP contribution is -2.46. The van der Waals surface area contributed by atoms with Crippen LogP contribution in [0, 0.1) is 11.8 Å². The van der Waals surface area contributed by atoms with Crippen LogP contribution in [0.2, 0.25) is 0 Å². The van der Waals surface area contributed by atoms with Gasteiger partial charge in [-0.3, -0.25) is 9.59 Å². The molecule has 4 unspecified atom stereocenters. The summed E-state index contributed by atoms with van der Waals surface area (Å²) >= 11 is 0. The van der Waals surface area contributed by atoms with Crippen LogP contribution in [0.15, 0.2) is 60.7 Å². The number of carboxylic acids is 1. The number of carboxylic acid groups (broad SMARTS) is 1. The molecule has 4 atom stereocenters. The van der Waals surface area contributed by atoms with E-state index in [2.05, 4.69) is 29.6 Å². The highest BCUT2D eigenvalue weighted by atomic mass is 16.5. The highest BCUT2D eigenvalue weighted by Crippen LogP contribution is 2.44. The van der Waals surface area contributed by atoms with Crippen LogP contribution in [0.4, 0.5) is 4.79 Å². The molecule has 3 aliphatic rings. The molecule has 0 bridgehead atoms. The monoisotopic (exact) mass is 476 g/mol. The van der Waals surface area contributed by atoms with Gasteiger partial charge in [0.1, 0.15) is 12.5 Å². The standard InChI is InChI=1S/C27H28N2O6/c1-29(24-15-34-13-23(24)26(31)32)25(30)16-10-11-17(12-16)28-27(33)35-14-22-20-8-4-2-6-18(20)19-7-3-5-9-21(19)22/h2-11,16-17,22-24H,12-15H2,1H3,(H,28,33)(H,31,32). The van der Waals surface area contributed by atoms with Crippen LogP contribution in [-0.2, 0) is 19.1 Å². The summed E-state index contributed by atoms with van der Waals surface area (Å²) in [6, 6.07) is 15.5. The quantitative estimate of drug-likeness (QED) is 0.621. The van der Waals surface area contributed by atoms with Gasteiger partial charge in [0, 0.05) is 13.0 Å². The van der Waals surface area contributed by atoms with Crippen molar-refractivity contribution in [3.63, 3.8) is 0 Å². The molecule has 2 N–H and O–H groups in total.